The molecule has 0 unspecified atom stereocenters. The van der Waals surface area contributed by atoms with Gasteiger partial charge in [-0.05, 0) is 5.56 Å². The number of nitro benzene ring substituents is 1. The van der Waals surface area contributed by atoms with Gasteiger partial charge < -0.3 is 9.88 Å². The van der Waals surface area contributed by atoms with Crippen molar-refractivity contribution in [3.05, 3.63) is 69.5 Å². The first-order valence-corrected chi connectivity index (χ1v) is 7.63. The number of hydrogen-bond donors (Lipinski definition) is 1. The van der Waals surface area contributed by atoms with Gasteiger partial charge in [-0.3, -0.25) is 14.9 Å². The lowest BCUT2D eigenvalue weighted by atomic mass is 10.1. The van der Waals surface area contributed by atoms with Gasteiger partial charge in [-0.15, -0.1) is 0 Å². The first kappa shape index (κ1) is 14.4. The number of non-ortho nitro benzene ring substituents is 1. The zero-order valence-corrected chi connectivity index (χ0v) is 12.7. The summed E-state index contributed by atoms with van der Waals surface area (Å²) in [6.45, 7) is 1.06. The summed E-state index contributed by atoms with van der Waals surface area (Å²) < 4.78 is 1.99. The molecule has 1 N–H and O–H groups in total. The van der Waals surface area contributed by atoms with Crippen molar-refractivity contribution in [2.24, 2.45) is 0 Å². The number of carbonyl (C=O) groups excluding carboxylic acids is 1. The predicted molar refractivity (Wildman–Crippen MR) is 88.0 cm³/mol. The van der Waals surface area contributed by atoms with Gasteiger partial charge >= 0.3 is 0 Å². The molecular formula is C17H14N4O3. The van der Waals surface area contributed by atoms with Gasteiger partial charge in [0, 0.05) is 31.6 Å². The van der Waals surface area contributed by atoms with E-state index in [1.54, 1.807) is 0 Å². The molecule has 1 aliphatic rings. The number of nitrogens with zero attached hydrogens (tertiary/aromatic N) is 3. The number of nitro groups is 1. The van der Waals surface area contributed by atoms with Gasteiger partial charge in [0.05, 0.1) is 21.5 Å². The lowest BCUT2D eigenvalue weighted by Crippen LogP contribution is -2.24. The molecule has 0 saturated heterocycles. The number of benzene rings is 2. The minimum atomic E-state index is -0.496. The molecule has 0 spiro atoms. The van der Waals surface area contributed by atoms with Crippen molar-refractivity contribution in [3.63, 3.8) is 0 Å². The molecule has 24 heavy (non-hydrogen) atoms. The van der Waals surface area contributed by atoms with E-state index in [4.69, 9.17) is 0 Å². The Morgan fingerprint density at radius 1 is 1.25 bits per heavy atom. The second-order valence-corrected chi connectivity index (χ2v) is 5.72. The molecule has 0 radical (unpaired) electrons. The van der Waals surface area contributed by atoms with Crippen LogP contribution in [0.25, 0.3) is 11.0 Å². The molecule has 0 aliphatic carbocycles. The largest absolute Gasteiger partial charge is 0.350 e. The molecule has 0 atom stereocenters. The zero-order valence-electron chi connectivity index (χ0n) is 12.7. The Balaban J connectivity index is 1.93. The molecule has 1 aromatic heterocycles. The van der Waals surface area contributed by atoms with Crippen molar-refractivity contribution < 1.29 is 9.72 Å². The van der Waals surface area contributed by atoms with Crippen molar-refractivity contribution in [3.8, 4) is 0 Å². The smallest absolute Gasteiger partial charge is 0.272 e. The van der Waals surface area contributed by atoms with E-state index in [0.29, 0.717) is 36.1 Å². The molecule has 0 saturated carbocycles. The van der Waals surface area contributed by atoms with Crippen LogP contribution in [0.15, 0.2) is 42.5 Å². The van der Waals surface area contributed by atoms with E-state index in [9.17, 15) is 14.9 Å². The fraction of sp³-hybridized carbons (Fsp3) is 0.176. The first-order valence-electron chi connectivity index (χ1n) is 7.63. The summed E-state index contributed by atoms with van der Waals surface area (Å²) >= 11 is 0. The molecule has 120 valence electrons. The molecular weight excluding hydrogens is 308 g/mol. The van der Waals surface area contributed by atoms with Gasteiger partial charge in [0.15, 0.2) is 0 Å². The lowest BCUT2D eigenvalue weighted by molar-refractivity contribution is -0.384. The highest BCUT2D eigenvalue weighted by Gasteiger charge is 2.25. The van der Waals surface area contributed by atoms with E-state index in [2.05, 4.69) is 10.3 Å². The quantitative estimate of drug-likeness (QED) is 0.591. The monoisotopic (exact) mass is 322 g/mol. The van der Waals surface area contributed by atoms with E-state index in [-0.39, 0.29) is 11.6 Å². The van der Waals surface area contributed by atoms with Gasteiger partial charge in [0.25, 0.3) is 11.6 Å². The van der Waals surface area contributed by atoms with Gasteiger partial charge in [-0.25, -0.2) is 4.98 Å². The Morgan fingerprint density at radius 2 is 2.04 bits per heavy atom. The fourth-order valence-corrected chi connectivity index (χ4v) is 3.11. The topological polar surface area (TPSA) is 90.1 Å². The summed E-state index contributed by atoms with van der Waals surface area (Å²) in [6.07, 6.45) is 0.608. The molecule has 3 aromatic rings. The van der Waals surface area contributed by atoms with Crippen LogP contribution in [0.1, 0.15) is 21.7 Å². The Morgan fingerprint density at radius 3 is 2.79 bits per heavy atom. The van der Waals surface area contributed by atoms with Crippen LogP contribution in [0.5, 0.6) is 0 Å². The third-order valence-electron chi connectivity index (χ3n) is 4.19. The summed E-state index contributed by atoms with van der Waals surface area (Å²) in [5.41, 5.74) is 2.45. The second-order valence-electron chi connectivity index (χ2n) is 5.72. The van der Waals surface area contributed by atoms with E-state index in [1.807, 2.05) is 34.9 Å². The Kier molecular flexibility index (Phi) is 3.26. The fourth-order valence-electron chi connectivity index (χ4n) is 3.11. The van der Waals surface area contributed by atoms with Crippen molar-refractivity contribution in [2.75, 3.05) is 6.54 Å². The Bertz CT molecular complexity index is 963. The molecule has 0 bridgehead atoms. The summed E-state index contributed by atoms with van der Waals surface area (Å²) in [5, 5.41) is 13.9. The number of amides is 1. The Labute approximate surface area is 137 Å². The molecule has 2 aromatic carbocycles. The summed E-state index contributed by atoms with van der Waals surface area (Å²) in [5.74, 6) is 0.503. The number of carbonyl (C=O) groups is 1. The van der Waals surface area contributed by atoms with Crippen molar-refractivity contribution >= 4 is 22.6 Å². The van der Waals surface area contributed by atoms with E-state index >= 15 is 0 Å². The van der Waals surface area contributed by atoms with Crippen LogP contribution < -0.4 is 5.32 Å². The van der Waals surface area contributed by atoms with Crippen LogP contribution >= 0.6 is 0 Å². The van der Waals surface area contributed by atoms with Crippen LogP contribution in [0.4, 0.5) is 5.69 Å². The number of nitrogens with one attached hydrogen (secondary N) is 1. The molecule has 2 heterocycles. The van der Waals surface area contributed by atoms with Crippen LogP contribution in [0.2, 0.25) is 0 Å². The average Bonchev–Trinajstić information content (AvgIpc) is 2.82. The number of aromatic nitrogens is 2. The molecule has 4 rings (SSSR count). The maximum atomic E-state index is 12.3. The number of rotatable bonds is 3. The number of imidazole rings is 1. The summed E-state index contributed by atoms with van der Waals surface area (Å²) in [4.78, 5) is 27.5. The van der Waals surface area contributed by atoms with Crippen molar-refractivity contribution in [1.82, 2.24) is 14.9 Å². The highest BCUT2D eigenvalue weighted by atomic mass is 16.6. The van der Waals surface area contributed by atoms with Crippen LogP contribution in [0.3, 0.4) is 0 Å². The molecule has 1 amide bonds. The minimum Gasteiger partial charge on any atom is -0.350 e. The summed E-state index contributed by atoms with van der Waals surface area (Å²) in [7, 11) is 0. The van der Waals surface area contributed by atoms with Crippen LogP contribution in [0, 0.1) is 10.1 Å². The van der Waals surface area contributed by atoms with Gasteiger partial charge in [0.2, 0.25) is 0 Å². The maximum absolute atomic E-state index is 12.3. The zero-order chi connectivity index (χ0) is 16.7. The SMILES string of the molecule is O=C1NCCn2c(Cc3ccccc3)nc3cc([N+](=O)[O-])cc1c32. The second kappa shape index (κ2) is 5.45. The first-order chi connectivity index (χ1) is 11.6. The van der Waals surface area contributed by atoms with Crippen molar-refractivity contribution in [1.29, 1.82) is 0 Å². The summed E-state index contributed by atoms with van der Waals surface area (Å²) in [6, 6.07) is 12.6. The highest BCUT2D eigenvalue weighted by molar-refractivity contribution is 6.06. The predicted octanol–water partition coefficient (Wildman–Crippen LogP) is 2.28. The third-order valence-corrected chi connectivity index (χ3v) is 4.19. The van der Waals surface area contributed by atoms with Crippen LogP contribution in [-0.2, 0) is 13.0 Å². The third kappa shape index (κ3) is 2.30. The maximum Gasteiger partial charge on any atom is 0.272 e. The van der Waals surface area contributed by atoms with Gasteiger partial charge in [-0.1, -0.05) is 30.3 Å². The lowest BCUT2D eigenvalue weighted by Gasteiger charge is -2.07. The number of hydrogen-bond acceptors (Lipinski definition) is 4. The van der Waals surface area contributed by atoms with Gasteiger partial charge in [0.1, 0.15) is 5.82 Å². The van der Waals surface area contributed by atoms with Gasteiger partial charge in [-0.2, -0.15) is 0 Å². The molecule has 7 nitrogen and oxygen atoms in total. The van der Waals surface area contributed by atoms with Crippen molar-refractivity contribution in [2.45, 2.75) is 13.0 Å². The normalized spacial score (nSPS) is 13.6. The standard InChI is InChI=1S/C17H14N4O3/c22-17-13-9-12(21(23)24)10-14-16(13)20(7-6-18-17)15(19-14)8-11-4-2-1-3-5-11/h1-5,9-10H,6-8H2,(H,18,22). The average molecular weight is 322 g/mol. The highest BCUT2D eigenvalue weighted by Crippen LogP contribution is 2.28. The molecule has 1 aliphatic heterocycles. The molecule has 0 fully saturated rings. The minimum absolute atomic E-state index is 0.120. The van der Waals surface area contributed by atoms with E-state index in [1.165, 1.54) is 12.1 Å². The van der Waals surface area contributed by atoms with E-state index < -0.39 is 4.92 Å². The van der Waals surface area contributed by atoms with E-state index in [0.717, 1.165) is 11.4 Å². The van der Waals surface area contributed by atoms with Crippen LogP contribution in [-0.4, -0.2) is 26.9 Å². The molecule has 7 heteroatoms. The Hall–Kier alpha value is -3.22.